The lowest BCUT2D eigenvalue weighted by Gasteiger charge is -2.49. The Morgan fingerprint density at radius 2 is 1.49 bits per heavy atom. The van der Waals surface area contributed by atoms with E-state index in [9.17, 15) is 14.4 Å². The zero-order valence-corrected chi connectivity index (χ0v) is 26.7. The maximum Gasteiger partial charge on any atom is 0.262 e. The molecule has 7 nitrogen and oxygen atoms in total. The molecular formula is C35H41ClN2O5. The quantitative estimate of drug-likeness (QED) is 0.337. The third-order valence-corrected chi connectivity index (χ3v) is 8.69. The van der Waals surface area contributed by atoms with Crippen molar-refractivity contribution in [3.63, 3.8) is 0 Å². The third-order valence-electron chi connectivity index (χ3n) is 8.41. The number of nitrogens with one attached hydrogen (secondary N) is 1. The molecule has 1 amide bonds. The van der Waals surface area contributed by atoms with Gasteiger partial charge in [0.2, 0.25) is 0 Å². The molecule has 0 radical (unpaired) electrons. The van der Waals surface area contributed by atoms with E-state index in [0.29, 0.717) is 54.1 Å². The molecule has 1 N–H and O–H groups in total. The monoisotopic (exact) mass is 604 g/mol. The number of Topliss-reactive ketones (excluding diaryl/α,β-unsaturated/α-hetero) is 2. The number of para-hydroxylation sites is 1. The van der Waals surface area contributed by atoms with Gasteiger partial charge in [-0.3, -0.25) is 14.4 Å². The number of anilines is 1. The molecule has 0 bridgehead atoms. The molecule has 0 unspecified atom stereocenters. The summed E-state index contributed by atoms with van der Waals surface area (Å²) in [5, 5.41) is 3.05. The minimum atomic E-state index is -0.549. The predicted octanol–water partition coefficient (Wildman–Crippen LogP) is 7.46. The SMILES string of the molecule is CCOc1cc(C2C3=C(CC(C)(C)CC3=O)N(CC)C3=C2C(=O)CC(C)(C)C3)cc(Cl)c1OCC(=O)Nc1ccccc1. The molecule has 1 aliphatic heterocycles. The van der Waals surface area contributed by atoms with Crippen LogP contribution in [-0.2, 0) is 14.4 Å². The van der Waals surface area contributed by atoms with Gasteiger partial charge in [0.05, 0.1) is 11.6 Å². The smallest absolute Gasteiger partial charge is 0.262 e. The number of hydrogen-bond donors (Lipinski definition) is 1. The number of allylic oxidation sites excluding steroid dienone is 4. The maximum atomic E-state index is 13.9. The standard InChI is InChI=1S/C35H41ClN2O5/c1-7-38-24-16-34(3,4)18-26(39)31(24)30(32-25(38)17-35(5,6)19-27(32)40)21-14-23(36)33(28(15-21)42-8-2)43-20-29(41)37-22-12-10-9-11-13-22/h9-15,30H,7-8,16-20H2,1-6H3,(H,37,41). The second kappa shape index (κ2) is 11.8. The van der Waals surface area contributed by atoms with Crippen molar-refractivity contribution < 1.29 is 23.9 Å². The summed E-state index contributed by atoms with van der Waals surface area (Å²) in [5.74, 6) is -0.149. The van der Waals surface area contributed by atoms with Crippen LogP contribution < -0.4 is 14.8 Å². The van der Waals surface area contributed by atoms with E-state index in [0.717, 1.165) is 24.2 Å². The van der Waals surface area contributed by atoms with Crippen LogP contribution in [0.15, 0.2) is 65.0 Å². The molecule has 0 spiro atoms. The van der Waals surface area contributed by atoms with Crippen molar-refractivity contribution in [2.45, 2.75) is 73.1 Å². The van der Waals surface area contributed by atoms with Crippen LogP contribution in [0.5, 0.6) is 11.5 Å². The Balaban J connectivity index is 1.58. The summed E-state index contributed by atoms with van der Waals surface area (Å²) in [7, 11) is 0. The fourth-order valence-electron chi connectivity index (χ4n) is 6.78. The average Bonchev–Trinajstić information content (AvgIpc) is 2.91. The van der Waals surface area contributed by atoms with Gasteiger partial charge < -0.3 is 19.7 Å². The summed E-state index contributed by atoms with van der Waals surface area (Å²) in [6, 6.07) is 12.7. The Kier molecular flexibility index (Phi) is 8.50. The fourth-order valence-corrected chi connectivity index (χ4v) is 7.05. The first-order valence-electron chi connectivity index (χ1n) is 15.1. The van der Waals surface area contributed by atoms with E-state index in [1.54, 1.807) is 18.2 Å². The number of benzene rings is 2. The van der Waals surface area contributed by atoms with E-state index < -0.39 is 5.92 Å². The van der Waals surface area contributed by atoms with Crippen LogP contribution in [0.3, 0.4) is 0 Å². The molecule has 0 saturated carbocycles. The topological polar surface area (TPSA) is 84.9 Å². The van der Waals surface area contributed by atoms with E-state index in [2.05, 4.69) is 44.8 Å². The third kappa shape index (κ3) is 6.23. The second-order valence-electron chi connectivity index (χ2n) is 13.2. The van der Waals surface area contributed by atoms with Crippen molar-refractivity contribution in [3.05, 3.63) is 75.6 Å². The molecular weight excluding hydrogens is 564 g/mol. The Morgan fingerprint density at radius 1 is 0.907 bits per heavy atom. The van der Waals surface area contributed by atoms with Gasteiger partial charge in [0, 0.05) is 53.5 Å². The molecule has 5 rings (SSSR count). The molecule has 43 heavy (non-hydrogen) atoms. The molecule has 3 aliphatic rings. The van der Waals surface area contributed by atoms with Gasteiger partial charge in [0.15, 0.2) is 29.7 Å². The van der Waals surface area contributed by atoms with Crippen LogP contribution >= 0.6 is 11.6 Å². The Labute approximate surface area is 259 Å². The van der Waals surface area contributed by atoms with Gasteiger partial charge in [-0.2, -0.15) is 0 Å². The van der Waals surface area contributed by atoms with Crippen molar-refractivity contribution in [2.24, 2.45) is 10.8 Å². The highest BCUT2D eigenvalue weighted by atomic mass is 35.5. The minimum absolute atomic E-state index is 0.0610. The van der Waals surface area contributed by atoms with Gasteiger partial charge in [-0.25, -0.2) is 0 Å². The normalized spacial score (nSPS) is 19.7. The number of ketones is 2. The number of amides is 1. The largest absolute Gasteiger partial charge is 0.490 e. The van der Waals surface area contributed by atoms with Crippen molar-refractivity contribution in [3.8, 4) is 11.5 Å². The summed E-state index contributed by atoms with van der Waals surface area (Å²) in [4.78, 5) is 42.7. The van der Waals surface area contributed by atoms with Gasteiger partial charge in [0.1, 0.15) is 0 Å². The summed E-state index contributed by atoms with van der Waals surface area (Å²) in [5.41, 5.74) is 4.37. The molecule has 0 atom stereocenters. The van der Waals surface area contributed by atoms with Gasteiger partial charge in [-0.05, 0) is 67.3 Å². The molecule has 0 fully saturated rings. The van der Waals surface area contributed by atoms with Crippen LogP contribution in [0.2, 0.25) is 5.02 Å². The van der Waals surface area contributed by atoms with Gasteiger partial charge >= 0.3 is 0 Å². The fraction of sp³-hybridized carbons (Fsp3) is 0.457. The minimum Gasteiger partial charge on any atom is -0.490 e. The van der Waals surface area contributed by atoms with Crippen LogP contribution in [0.4, 0.5) is 5.69 Å². The number of halogens is 1. The number of hydrogen-bond acceptors (Lipinski definition) is 6. The number of rotatable bonds is 8. The first kappa shape index (κ1) is 30.9. The number of carbonyl (C=O) groups excluding carboxylic acids is 3. The van der Waals surface area contributed by atoms with Crippen molar-refractivity contribution in [1.29, 1.82) is 0 Å². The number of nitrogens with zero attached hydrogens (tertiary/aromatic N) is 1. The summed E-state index contributed by atoms with van der Waals surface area (Å²) in [6.07, 6.45) is 2.30. The lowest BCUT2D eigenvalue weighted by Crippen LogP contribution is -2.44. The van der Waals surface area contributed by atoms with E-state index in [1.165, 1.54) is 0 Å². The maximum absolute atomic E-state index is 13.9. The molecule has 8 heteroatoms. The highest BCUT2D eigenvalue weighted by Gasteiger charge is 2.48. The molecule has 2 aliphatic carbocycles. The Bertz CT molecular complexity index is 1470. The van der Waals surface area contributed by atoms with Crippen LogP contribution in [-0.4, -0.2) is 42.1 Å². The predicted molar refractivity (Wildman–Crippen MR) is 168 cm³/mol. The molecule has 228 valence electrons. The zero-order chi connectivity index (χ0) is 31.1. The average molecular weight is 605 g/mol. The van der Waals surface area contributed by atoms with Crippen LogP contribution in [0.1, 0.15) is 78.7 Å². The van der Waals surface area contributed by atoms with Gasteiger partial charge in [0.25, 0.3) is 5.91 Å². The van der Waals surface area contributed by atoms with E-state index >= 15 is 0 Å². The van der Waals surface area contributed by atoms with Crippen LogP contribution in [0.25, 0.3) is 0 Å². The van der Waals surface area contributed by atoms with E-state index in [4.69, 9.17) is 21.1 Å². The van der Waals surface area contributed by atoms with E-state index in [1.807, 2.05) is 31.2 Å². The summed E-state index contributed by atoms with van der Waals surface area (Å²) in [6.45, 7) is 13.2. The Hall–Kier alpha value is -3.58. The van der Waals surface area contributed by atoms with Crippen LogP contribution in [0, 0.1) is 10.8 Å². The number of ether oxygens (including phenoxy) is 2. The molecule has 2 aromatic rings. The summed E-state index contributed by atoms with van der Waals surface area (Å²) < 4.78 is 11.9. The lowest BCUT2D eigenvalue weighted by atomic mass is 9.63. The van der Waals surface area contributed by atoms with Crippen molar-refractivity contribution in [2.75, 3.05) is 25.1 Å². The van der Waals surface area contributed by atoms with Crippen molar-refractivity contribution >= 4 is 34.8 Å². The van der Waals surface area contributed by atoms with E-state index in [-0.39, 0.29) is 45.7 Å². The van der Waals surface area contributed by atoms with Gasteiger partial charge in [-0.15, -0.1) is 0 Å². The second-order valence-corrected chi connectivity index (χ2v) is 13.7. The molecule has 1 heterocycles. The summed E-state index contributed by atoms with van der Waals surface area (Å²) >= 11 is 6.85. The van der Waals surface area contributed by atoms with Gasteiger partial charge in [-0.1, -0.05) is 57.5 Å². The highest BCUT2D eigenvalue weighted by molar-refractivity contribution is 6.32. The first-order chi connectivity index (χ1) is 20.3. The molecule has 0 aromatic heterocycles. The zero-order valence-electron chi connectivity index (χ0n) is 25.9. The molecule has 0 saturated heterocycles. The molecule has 2 aromatic carbocycles. The Morgan fingerprint density at radius 3 is 2.02 bits per heavy atom. The van der Waals surface area contributed by atoms with Crippen molar-refractivity contribution in [1.82, 2.24) is 4.90 Å². The highest BCUT2D eigenvalue weighted by Crippen LogP contribution is 2.55. The lowest BCUT2D eigenvalue weighted by molar-refractivity contribution is -0.120. The number of carbonyl (C=O) groups is 3. The first-order valence-corrected chi connectivity index (χ1v) is 15.5.